The van der Waals surface area contributed by atoms with Crippen molar-refractivity contribution >= 4 is 23.7 Å². The Labute approximate surface area is 163 Å². The van der Waals surface area contributed by atoms with Gasteiger partial charge >= 0.3 is 5.97 Å². The number of carbonyl (C=O) groups excluding carboxylic acids is 3. The van der Waals surface area contributed by atoms with Gasteiger partial charge < -0.3 is 30.6 Å². The Morgan fingerprint density at radius 1 is 1.00 bits per heavy atom. The lowest BCUT2D eigenvalue weighted by Gasteiger charge is -2.32. The molecule has 4 unspecified atom stereocenters. The molecule has 3 heterocycles. The Kier molecular flexibility index (Phi) is 6.50. The van der Waals surface area contributed by atoms with E-state index in [1.807, 2.05) is 0 Å². The average Bonchev–Trinajstić information content (AvgIpc) is 3.44. The number of carbonyl (C=O) groups is 4. The van der Waals surface area contributed by atoms with E-state index in [0.29, 0.717) is 45.2 Å². The molecule has 0 bridgehead atoms. The second-order valence-electron chi connectivity index (χ2n) is 7.61. The highest BCUT2D eigenvalue weighted by atomic mass is 16.4. The quantitative estimate of drug-likeness (QED) is 0.419. The molecule has 0 saturated carbocycles. The molecule has 0 aromatic heterocycles. The lowest BCUT2D eigenvalue weighted by molar-refractivity contribution is -0.152. The van der Waals surface area contributed by atoms with Crippen LogP contribution in [0.25, 0.3) is 0 Å². The summed E-state index contributed by atoms with van der Waals surface area (Å²) in [4.78, 5) is 52.2. The van der Waals surface area contributed by atoms with Crippen LogP contribution in [0, 0.1) is 0 Å². The van der Waals surface area contributed by atoms with Crippen LogP contribution >= 0.6 is 0 Å². The smallest absolute Gasteiger partial charge is 0.326 e. The van der Waals surface area contributed by atoms with Crippen molar-refractivity contribution in [2.24, 2.45) is 0 Å². The van der Waals surface area contributed by atoms with E-state index >= 15 is 0 Å². The number of rotatable bonds is 6. The molecule has 4 N–H and O–H groups in total. The monoisotopic (exact) mass is 396 g/mol. The molecule has 156 valence electrons. The summed E-state index contributed by atoms with van der Waals surface area (Å²) in [7, 11) is 0. The Morgan fingerprint density at radius 2 is 1.68 bits per heavy atom. The number of hydrogen-bond donors (Lipinski definition) is 4. The second-order valence-corrected chi connectivity index (χ2v) is 7.61. The van der Waals surface area contributed by atoms with Crippen LogP contribution in [0.4, 0.5) is 0 Å². The number of carboxylic acid groups (broad SMARTS) is 1. The molecule has 0 aromatic carbocycles. The van der Waals surface area contributed by atoms with Gasteiger partial charge in [-0.05, 0) is 45.1 Å². The number of nitrogens with zero attached hydrogens (tertiary/aromatic N) is 2. The van der Waals surface area contributed by atoms with Crippen LogP contribution in [-0.4, -0.2) is 94.1 Å². The van der Waals surface area contributed by atoms with Gasteiger partial charge in [0.15, 0.2) is 0 Å². The first-order valence-electron chi connectivity index (χ1n) is 9.92. The summed E-state index contributed by atoms with van der Waals surface area (Å²) in [6, 6.07) is -3.09. The number of aliphatic hydroxyl groups excluding tert-OH is 1. The molecular weight excluding hydrogens is 368 g/mol. The zero-order valence-electron chi connectivity index (χ0n) is 15.8. The average molecular weight is 396 g/mol. The predicted octanol–water partition coefficient (Wildman–Crippen LogP) is -1.72. The largest absolute Gasteiger partial charge is 0.480 e. The van der Waals surface area contributed by atoms with Crippen LogP contribution < -0.4 is 10.6 Å². The summed E-state index contributed by atoms with van der Waals surface area (Å²) in [6.07, 6.45) is 3.64. The van der Waals surface area contributed by atoms with Gasteiger partial charge in [-0.25, -0.2) is 4.79 Å². The zero-order valence-corrected chi connectivity index (χ0v) is 15.8. The molecular formula is C18H28N4O6. The van der Waals surface area contributed by atoms with E-state index in [2.05, 4.69) is 10.6 Å². The van der Waals surface area contributed by atoms with Gasteiger partial charge in [0, 0.05) is 13.1 Å². The molecule has 3 fully saturated rings. The SMILES string of the molecule is O=C(NC(CO)C(=O)N1CCCC1C(=O)N1CCCC1C(=O)O)C1CCCN1. The maximum Gasteiger partial charge on any atom is 0.326 e. The number of hydrogen-bond acceptors (Lipinski definition) is 6. The number of likely N-dealkylation sites (tertiary alicyclic amines) is 2. The summed E-state index contributed by atoms with van der Waals surface area (Å²) >= 11 is 0. The Hall–Kier alpha value is -2.20. The third-order valence-electron chi connectivity index (χ3n) is 5.82. The third-order valence-corrected chi connectivity index (χ3v) is 5.82. The fourth-order valence-electron chi connectivity index (χ4n) is 4.33. The highest BCUT2D eigenvalue weighted by Crippen LogP contribution is 2.25. The predicted molar refractivity (Wildman–Crippen MR) is 97.1 cm³/mol. The van der Waals surface area contributed by atoms with Gasteiger partial charge in [0.05, 0.1) is 12.6 Å². The fourth-order valence-corrected chi connectivity index (χ4v) is 4.33. The van der Waals surface area contributed by atoms with Crippen LogP contribution in [-0.2, 0) is 19.2 Å². The standard InChI is InChI=1S/C18H28N4O6/c23-10-12(20-15(24)11-4-1-7-19-11)16(25)21-8-2-5-13(21)17(26)22-9-3-6-14(22)18(27)28/h11-14,19,23H,1-10H2,(H,20,24)(H,27,28). The zero-order chi connectivity index (χ0) is 20.3. The Bertz CT molecular complexity index is 636. The van der Waals surface area contributed by atoms with Crippen molar-refractivity contribution in [3.05, 3.63) is 0 Å². The lowest BCUT2D eigenvalue weighted by atomic mass is 10.1. The normalized spacial score (nSPS) is 28.4. The lowest BCUT2D eigenvalue weighted by Crippen LogP contribution is -2.57. The first kappa shape index (κ1) is 20.5. The molecule has 28 heavy (non-hydrogen) atoms. The van der Waals surface area contributed by atoms with Crippen LogP contribution in [0.15, 0.2) is 0 Å². The summed E-state index contributed by atoms with van der Waals surface area (Å²) in [5.41, 5.74) is 0. The molecule has 3 amide bonds. The minimum atomic E-state index is -1.11. The van der Waals surface area contributed by atoms with Crippen molar-refractivity contribution < 1.29 is 29.4 Å². The van der Waals surface area contributed by atoms with Gasteiger partial charge in [-0.1, -0.05) is 0 Å². The van der Waals surface area contributed by atoms with E-state index in [1.165, 1.54) is 9.80 Å². The number of aliphatic carboxylic acids is 1. The summed E-state index contributed by atoms with van der Waals surface area (Å²) < 4.78 is 0. The molecule has 0 spiro atoms. The molecule has 3 aliphatic rings. The highest BCUT2D eigenvalue weighted by Gasteiger charge is 2.43. The third kappa shape index (κ3) is 4.12. The van der Waals surface area contributed by atoms with E-state index in [-0.39, 0.29) is 17.9 Å². The molecule has 3 aliphatic heterocycles. The van der Waals surface area contributed by atoms with Crippen molar-refractivity contribution in [2.45, 2.75) is 62.7 Å². The van der Waals surface area contributed by atoms with Crippen LogP contribution in [0.3, 0.4) is 0 Å². The topological polar surface area (TPSA) is 139 Å². The highest BCUT2D eigenvalue weighted by molar-refractivity contribution is 5.94. The molecule has 0 radical (unpaired) electrons. The molecule has 10 nitrogen and oxygen atoms in total. The minimum Gasteiger partial charge on any atom is -0.480 e. The molecule has 3 rings (SSSR count). The summed E-state index contributed by atoms with van der Waals surface area (Å²) in [6.45, 7) is 0.881. The summed E-state index contributed by atoms with van der Waals surface area (Å²) in [5, 5.41) is 24.6. The van der Waals surface area contributed by atoms with E-state index < -0.39 is 36.6 Å². The number of carboxylic acids is 1. The minimum absolute atomic E-state index is 0.336. The van der Waals surface area contributed by atoms with Gasteiger partial charge in [-0.2, -0.15) is 0 Å². The van der Waals surface area contributed by atoms with E-state index in [9.17, 15) is 29.4 Å². The van der Waals surface area contributed by atoms with E-state index in [4.69, 9.17) is 0 Å². The van der Waals surface area contributed by atoms with Gasteiger partial charge in [0.25, 0.3) is 0 Å². The first-order valence-corrected chi connectivity index (χ1v) is 9.92. The molecule has 0 aliphatic carbocycles. The second kappa shape index (κ2) is 8.87. The maximum absolute atomic E-state index is 12.9. The van der Waals surface area contributed by atoms with Crippen LogP contribution in [0.1, 0.15) is 38.5 Å². The van der Waals surface area contributed by atoms with Crippen molar-refractivity contribution in [3.8, 4) is 0 Å². The van der Waals surface area contributed by atoms with Crippen molar-refractivity contribution in [1.29, 1.82) is 0 Å². The van der Waals surface area contributed by atoms with E-state index in [0.717, 1.165) is 13.0 Å². The fraction of sp³-hybridized carbons (Fsp3) is 0.778. The van der Waals surface area contributed by atoms with Gasteiger partial charge in [-0.3, -0.25) is 14.4 Å². The number of amides is 3. The molecule has 3 saturated heterocycles. The van der Waals surface area contributed by atoms with Crippen molar-refractivity contribution in [1.82, 2.24) is 20.4 Å². The molecule has 0 aromatic rings. The van der Waals surface area contributed by atoms with Gasteiger partial charge in [-0.15, -0.1) is 0 Å². The molecule has 4 atom stereocenters. The Morgan fingerprint density at radius 3 is 2.29 bits per heavy atom. The first-order chi connectivity index (χ1) is 13.4. The van der Waals surface area contributed by atoms with E-state index in [1.54, 1.807) is 0 Å². The van der Waals surface area contributed by atoms with Gasteiger partial charge in [0.1, 0.15) is 18.1 Å². The number of nitrogens with one attached hydrogen (secondary N) is 2. The number of aliphatic hydroxyl groups is 1. The molecule has 10 heteroatoms. The van der Waals surface area contributed by atoms with Gasteiger partial charge in [0.2, 0.25) is 17.7 Å². The summed E-state index contributed by atoms with van der Waals surface area (Å²) in [5.74, 6) is -2.24. The Balaban J connectivity index is 1.66. The maximum atomic E-state index is 12.9. The van der Waals surface area contributed by atoms with Crippen LogP contribution in [0.5, 0.6) is 0 Å². The van der Waals surface area contributed by atoms with Crippen LogP contribution in [0.2, 0.25) is 0 Å². The van der Waals surface area contributed by atoms with Crippen molar-refractivity contribution in [3.63, 3.8) is 0 Å². The van der Waals surface area contributed by atoms with Crippen molar-refractivity contribution in [2.75, 3.05) is 26.2 Å².